The molecule has 0 bridgehead atoms. The maximum Gasteiger partial charge on any atom is 0.409 e. The summed E-state index contributed by atoms with van der Waals surface area (Å²) in [6.45, 7) is 6.71. The molecule has 21 heavy (non-hydrogen) atoms. The van der Waals surface area contributed by atoms with Crippen LogP contribution in [-0.4, -0.2) is 60.3 Å². The molecule has 1 amide bonds. The molecule has 1 fully saturated rings. The average Bonchev–Trinajstić information content (AvgIpc) is 2.50. The number of hydrogen-bond acceptors (Lipinski definition) is 6. The molecule has 7 nitrogen and oxygen atoms in total. The zero-order valence-electron chi connectivity index (χ0n) is 12.3. The van der Waals surface area contributed by atoms with Crippen molar-refractivity contribution < 1.29 is 13.9 Å². The van der Waals surface area contributed by atoms with Gasteiger partial charge in [-0.05, 0) is 13.8 Å². The summed E-state index contributed by atoms with van der Waals surface area (Å²) in [7, 11) is 0. The summed E-state index contributed by atoms with van der Waals surface area (Å²) in [5, 5.41) is 2.96. The van der Waals surface area contributed by atoms with Crippen LogP contribution in [0, 0.1) is 5.82 Å². The van der Waals surface area contributed by atoms with Gasteiger partial charge in [-0.25, -0.2) is 14.2 Å². The van der Waals surface area contributed by atoms with E-state index in [0.717, 1.165) is 6.20 Å². The summed E-state index contributed by atoms with van der Waals surface area (Å²) < 4.78 is 18.8. The van der Waals surface area contributed by atoms with Crippen LogP contribution >= 0.6 is 0 Å². The summed E-state index contributed by atoms with van der Waals surface area (Å²) in [4.78, 5) is 23.1. The van der Waals surface area contributed by atoms with Crippen molar-refractivity contribution in [2.75, 3.05) is 49.5 Å². The van der Waals surface area contributed by atoms with Crippen LogP contribution < -0.4 is 10.2 Å². The third-order valence-corrected chi connectivity index (χ3v) is 3.17. The predicted molar refractivity (Wildman–Crippen MR) is 77.0 cm³/mol. The Morgan fingerprint density at radius 1 is 1.38 bits per heavy atom. The van der Waals surface area contributed by atoms with Crippen LogP contribution in [-0.2, 0) is 4.74 Å². The van der Waals surface area contributed by atoms with E-state index in [4.69, 9.17) is 4.74 Å². The summed E-state index contributed by atoms with van der Waals surface area (Å²) in [6.07, 6.45) is 0.839. The number of carbonyl (C=O) groups is 1. The van der Waals surface area contributed by atoms with Gasteiger partial charge in [0.05, 0.1) is 12.8 Å². The first kappa shape index (κ1) is 15.3. The van der Waals surface area contributed by atoms with E-state index in [2.05, 4.69) is 15.3 Å². The fourth-order valence-electron chi connectivity index (χ4n) is 2.14. The Morgan fingerprint density at radius 3 is 2.71 bits per heavy atom. The third-order valence-electron chi connectivity index (χ3n) is 3.17. The first-order valence-electron chi connectivity index (χ1n) is 7.08. The minimum Gasteiger partial charge on any atom is -0.450 e. The summed E-state index contributed by atoms with van der Waals surface area (Å²) in [5.41, 5.74) is 0. The molecule has 0 saturated carbocycles. The van der Waals surface area contributed by atoms with E-state index in [1.165, 1.54) is 0 Å². The standard InChI is InChI=1S/C13H20FN5O2/c1-3-15-12-16-9-10(14)11(17-12)18-5-7-19(8-6-18)13(20)21-4-2/h9H,3-8H2,1-2H3,(H,15,16,17). The highest BCUT2D eigenvalue weighted by molar-refractivity contribution is 5.68. The Bertz CT molecular complexity index is 491. The van der Waals surface area contributed by atoms with E-state index in [-0.39, 0.29) is 11.9 Å². The topological polar surface area (TPSA) is 70.6 Å². The number of hydrogen-bond donors (Lipinski definition) is 1. The maximum atomic E-state index is 13.9. The van der Waals surface area contributed by atoms with Gasteiger partial charge >= 0.3 is 6.09 Å². The maximum absolute atomic E-state index is 13.9. The Morgan fingerprint density at radius 2 is 2.10 bits per heavy atom. The van der Waals surface area contributed by atoms with Gasteiger partial charge in [0, 0.05) is 32.7 Å². The number of ether oxygens (including phenoxy) is 1. The van der Waals surface area contributed by atoms with E-state index < -0.39 is 5.82 Å². The van der Waals surface area contributed by atoms with Gasteiger partial charge in [-0.2, -0.15) is 4.98 Å². The van der Waals surface area contributed by atoms with Crippen molar-refractivity contribution in [2.45, 2.75) is 13.8 Å². The van der Waals surface area contributed by atoms with E-state index >= 15 is 0 Å². The molecule has 1 aromatic rings. The molecule has 0 atom stereocenters. The molecule has 0 spiro atoms. The number of halogens is 1. The lowest BCUT2D eigenvalue weighted by molar-refractivity contribution is 0.105. The number of amides is 1. The monoisotopic (exact) mass is 297 g/mol. The lowest BCUT2D eigenvalue weighted by Gasteiger charge is -2.34. The van der Waals surface area contributed by atoms with Crippen LogP contribution in [0.3, 0.4) is 0 Å². The highest BCUT2D eigenvalue weighted by Gasteiger charge is 2.24. The molecule has 1 saturated heterocycles. The van der Waals surface area contributed by atoms with E-state index in [1.54, 1.807) is 11.8 Å². The Kier molecular flexibility index (Phi) is 5.13. The zero-order valence-corrected chi connectivity index (χ0v) is 12.3. The Balaban J connectivity index is 2.01. The third kappa shape index (κ3) is 3.71. The van der Waals surface area contributed by atoms with Crippen molar-refractivity contribution in [2.24, 2.45) is 0 Å². The van der Waals surface area contributed by atoms with Gasteiger partial charge in [-0.3, -0.25) is 0 Å². The molecule has 1 aliphatic rings. The summed E-state index contributed by atoms with van der Waals surface area (Å²) >= 11 is 0. The number of rotatable bonds is 4. The van der Waals surface area contributed by atoms with Crippen molar-refractivity contribution >= 4 is 17.9 Å². The molecule has 0 radical (unpaired) electrons. The van der Waals surface area contributed by atoms with Gasteiger partial charge in [-0.1, -0.05) is 0 Å². The number of piperazine rings is 1. The highest BCUT2D eigenvalue weighted by Crippen LogP contribution is 2.19. The second kappa shape index (κ2) is 7.05. The van der Waals surface area contributed by atoms with E-state index in [9.17, 15) is 9.18 Å². The summed E-state index contributed by atoms with van der Waals surface area (Å²) in [5.74, 6) is 0.215. The quantitative estimate of drug-likeness (QED) is 0.904. The van der Waals surface area contributed by atoms with Crippen LogP contribution in [0.1, 0.15) is 13.8 Å². The molecule has 1 aromatic heterocycles. The number of carbonyl (C=O) groups excluding carboxylic acids is 1. The number of nitrogens with one attached hydrogen (secondary N) is 1. The largest absolute Gasteiger partial charge is 0.450 e. The molecule has 116 valence electrons. The molecule has 0 aromatic carbocycles. The lowest BCUT2D eigenvalue weighted by Crippen LogP contribution is -2.49. The Hall–Kier alpha value is -2.12. The fraction of sp³-hybridized carbons (Fsp3) is 0.615. The molecule has 0 unspecified atom stereocenters. The van der Waals surface area contributed by atoms with Crippen molar-refractivity contribution in [1.82, 2.24) is 14.9 Å². The van der Waals surface area contributed by atoms with E-state index in [1.807, 2.05) is 11.8 Å². The highest BCUT2D eigenvalue weighted by atomic mass is 19.1. The minimum atomic E-state index is -0.457. The van der Waals surface area contributed by atoms with Gasteiger partial charge in [-0.15, -0.1) is 0 Å². The second-order valence-electron chi connectivity index (χ2n) is 4.57. The average molecular weight is 297 g/mol. The SMILES string of the molecule is CCNc1ncc(F)c(N2CCN(C(=O)OCC)CC2)n1. The zero-order chi connectivity index (χ0) is 15.2. The lowest BCUT2D eigenvalue weighted by atomic mass is 10.3. The van der Waals surface area contributed by atoms with Crippen molar-refractivity contribution in [3.05, 3.63) is 12.0 Å². The second-order valence-corrected chi connectivity index (χ2v) is 4.57. The minimum absolute atomic E-state index is 0.268. The molecule has 1 N–H and O–H groups in total. The molecule has 2 heterocycles. The number of anilines is 2. The van der Waals surface area contributed by atoms with Gasteiger partial charge in [0.15, 0.2) is 11.6 Å². The molecule has 8 heteroatoms. The van der Waals surface area contributed by atoms with Crippen LogP contribution in [0.4, 0.5) is 21.0 Å². The van der Waals surface area contributed by atoms with Crippen molar-refractivity contribution in [3.8, 4) is 0 Å². The van der Waals surface area contributed by atoms with Gasteiger partial charge in [0.2, 0.25) is 5.95 Å². The number of nitrogens with zero attached hydrogens (tertiary/aromatic N) is 4. The Labute approximate surface area is 123 Å². The number of aromatic nitrogens is 2. The molecule has 2 rings (SSSR count). The molecule has 1 aliphatic heterocycles. The fourth-order valence-corrected chi connectivity index (χ4v) is 2.14. The summed E-state index contributed by atoms with van der Waals surface area (Å²) in [6, 6.07) is 0. The van der Waals surface area contributed by atoms with Crippen LogP contribution in [0.25, 0.3) is 0 Å². The van der Waals surface area contributed by atoms with Crippen molar-refractivity contribution in [3.63, 3.8) is 0 Å². The normalized spacial score (nSPS) is 15.0. The van der Waals surface area contributed by atoms with E-state index in [0.29, 0.717) is 45.3 Å². The molecular formula is C13H20FN5O2. The van der Waals surface area contributed by atoms with Crippen LogP contribution in [0.5, 0.6) is 0 Å². The molecular weight excluding hydrogens is 277 g/mol. The van der Waals surface area contributed by atoms with Gasteiger partial charge in [0.1, 0.15) is 0 Å². The van der Waals surface area contributed by atoms with Gasteiger partial charge in [0.25, 0.3) is 0 Å². The predicted octanol–water partition coefficient (Wildman–Crippen LogP) is 1.33. The molecule has 0 aliphatic carbocycles. The first-order valence-corrected chi connectivity index (χ1v) is 7.08. The first-order chi connectivity index (χ1) is 10.2. The van der Waals surface area contributed by atoms with Crippen LogP contribution in [0.15, 0.2) is 6.20 Å². The smallest absolute Gasteiger partial charge is 0.409 e. The van der Waals surface area contributed by atoms with Crippen molar-refractivity contribution in [1.29, 1.82) is 0 Å². The van der Waals surface area contributed by atoms with Gasteiger partial charge < -0.3 is 19.9 Å². The van der Waals surface area contributed by atoms with Crippen LogP contribution in [0.2, 0.25) is 0 Å².